The number of carbonyl (C=O) groups excluding carboxylic acids is 1. The minimum absolute atomic E-state index is 0.233. The Morgan fingerprint density at radius 2 is 2.13 bits per heavy atom. The average molecular weight is 328 g/mol. The molecule has 0 aromatic heterocycles. The van der Waals surface area contributed by atoms with Crippen molar-refractivity contribution in [3.63, 3.8) is 0 Å². The van der Waals surface area contributed by atoms with E-state index in [1.165, 1.54) is 0 Å². The predicted molar refractivity (Wildman–Crippen MR) is 74.8 cm³/mol. The molecule has 1 aliphatic carbocycles. The Balaban J connectivity index is 2.21. The van der Waals surface area contributed by atoms with Gasteiger partial charge in [0.1, 0.15) is 11.4 Å². The van der Waals surface area contributed by atoms with Gasteiger partial charge in [0.15, 0.2) is 0 Å². The van der Waals surface area contributed by atoms with Crippen molar-refractivity contribution in [1.82, 2.24) is 5.32 Å². The molecule has 1 aromatic carbocycles. The number of benzene rings is 1. The molecule has 124 valence electrons. The van der Waals surface area contributed by atoms with Crippen LogP contribution in [0.4, 0.5) is 17.6 Å². The predicted octanol–water partition coefficient (Wildman–Crippen LogP) is 4.05. The summed E-state index contributed by atoms with van der Waals surface area (Å²) in [6.45, 7) is 1.97. The van der Waals surface area contributed by atoms with Gasteiger partial charge >= 0.3 is 6.18 Å². The summed E-state index contributed by atoms with van der Waals surface area (Å²) in [7, 11) is 0. The van der Waals surface area contributed by atoms with Crippen molar-refractivity contribution < 1.29 is 22.4 Å². The van der Waals surface area contributed by atoms with Crippen molar-refractivity contribution in [2.24, 2.45) is 5.92 Å². The molecular weight excluding hydrogens is 312 g/mol. The first-order valence-electron chi connectivity index (χ1n) is 7.27. The summed E-state index contributed by atoms with van der Waals surface area (Å²) in [6, 6.07) is 4.09. The van der Waals surface area contributed by atoms with E-state index in [-0.39, 0.29) is 11.5 Å². The van der Waals surface area contributed by atoms with Crippen LogP contribution in [0.1, 0.15) is 48.5 Å². The van der Waals surface area contributed by atoms with E-state index in [0.717, 1.165) is 18.9 Å². The fourth-order valence-corrected chi connectivity index (χ4v) is 2.97. The fraction of sp³-hybridized carbons (Fsp3) is 0.500. The lowest BCUT2D eigenvalue weighted by molar-refractivity contribution is -0.140. The normalized spacial score (nSPS) is 24.8. The number of amides is 1. The largest absolute Gasteiger partial charge is 0.419 e. The lowest BCUT2D eigenvalue weighted by Crippen LogP contribution is -2.50. The Morgan fingerprint density at radius 3 is 2.65 bits per heavy atom. The minimum atomic E-state index is -4.81. The van der Waals surface area contributed by atoms with Crippen LogP contribution >= 0.6 is 0 Å². The minimum Gasteiger partial charge on any atom is -0.334 e. The van der Waals surface area contributed by atoms with Gasteiger partial charge in [-0.25, -0.2) is 4.39 Å². The van der Waals surface area contributed by atoms with Gasteiger partial charge in [-0.05, 0) is 43.4 Å². The smallest absolute Gasteiger partial charge is 0.334 e. The van der Waals surface area contributed by atoms with Crippen LogP contribution in [0, 0.1) is 23.1 Å². The number of carbonyl (C=O) groups is 1. The Hall–Kier alpha value is -2.10. The third-order valence-corrected chi connectivity index (χ3v) is 4.10. The SMILES string of the molecule is CC1CCCC(C#N)(NC(=O)c2ccc(C(F)(F)F)c(F)c2)C1. The van der Waals surface area contributed by atoms with Crippen LogP contribution < -0.4 is 5.32 Å². The zero-order valence-electron chi connectivity index (χ0n) is 12.5. The van der Waals surface area contributed by atoms with Gasteiger partial charge in [-0.2, -0.15) is 18.4 Å². The summed E-state index contributed by atoms with van der Waals surface area (Å²) < 4.78 is 51.1. The second-order valence-electron chi connectivity index (χ2n) is 6.04. The maximum Gasteiger partial charge on any atom is 0.419 e. The van der Waals surface area contributed by atoms with Gasteiger partial charge in [0.2, 0.25) is 0 Å². The molecule has 0 heterocycles. The zero-order valence-corrected chi connectivity index (χ0v) is 12.5. The molecule has 23 heavy (non-hydrogen) atoms. The van der Waals surface area contributed by atoms with Crippen LogP contribution in [0.3, 0.4) is 0 Å². The van der Waals surface area contributed by atoms with Crippen molar-refractivity contribution in [2.45, 2.75) is 44.3 Å². The Bertz CT molecular complexity index is 650. The molecule has 1 N–H and O–H groups in total. The highest BCUT2D eigenvalue weighted by molar-refractivity contribution is 5.95. The first-order valence-corrected chi connectivity index (χ1v) is 7.27. The molecule has 1 amide bonds. The molecule has 2 atom stereocenters. The van der Waals surface area contributed by atoms with Crippen molar-refractivity contribution >= 4 is 5.91 Å². The molecule has 1 saturated carbocycles. The summed E-state index contributed by atoms with van der Waals surface area (Å²) in [6.07, 6.45) is -2.14. The molecule has 7 heteroatoms. The van der Waals surface area contributed by atoms with E-state index in [4.69, 9.17) is 0 Å². The third kappa shape index (κ3) is 3.81. The number of halogens is 4. The molecule has 2 rings (SSSR count). The number of hydrogen-bond acceptors (Lipinski definition) is 2. The van der Waals surface area contributed by atoms with Gasteiger partial charge < -0.3 is 5.32 Å². The van der Waals surface area contributed by atoms with E-state index in [1.54, 1.807) is 0 Å². The van der Waals surface area contributed by atoms with E-state index in [9.17, 15) is 27.6 Å². The van der Waals surface area contributed by atoms with Gasteiger partial charge in [0.05, 0.1) is 11.6 Å². The van der Waals surface area contributed by atoms with Crippen LogP contribution in [0.25, 0.3) is 0 Å². The van der Waals surface area contributed by atoms with Crippen LogP contribution in [0.2, 0.25) is 0 Å². The number of nitrogens with zero attached hydrogens (tertiary/aromatic N) is 1. The number of rotatable bonds is 2. The molecule has 0 radical (unpaired) electrons. The number of alkyl halides is 3. The molecule has 2 unspecified atom stereocenters. The molecule has 3 nitrogen and oxygen atoms in total. The lowest BCUT2D eigenvalue weighted by atomic mass is 9.77. The summed E-state index contributed by atoms with van der Waals surface area (Å²) >= 11 is 0. The standard InChI is InChI=1S/C16H16F4N2O/c1-10-3-2-6-15(8-10,9-21)22-14(23)11-4-5-12(13(17)7-11)16(18,19)20/h4-5,7,10H,2-3,6,8H2,1H3,(H,22,23). The summed E-state index contributed by atoms with van der Waals surface area (Å²) in [5, 5.41) is 11.9. The Labute approximate surface area is 131 Å². The number of hydrogen-bond donors (Lipinski definition) is 1. The van der Waals surface area contributed by atoms with Gasteiger partial charge in [-0.3, -0.25) is 4.79 Å². The molecular formula is C16H16F4N2O. The average Bonchev–Trinajstić information content (AvgIpc) is 2.45. The topological polar surface area (TPSA) is 52.9 Å². The lowest BCUT2D eigenvalue weighted by Gasteiger charge is -2.35. The summed E-state index contributed by atoms with van der Waals surface area (Å²) in [4.78, 5) is 12.2. The molecule has 0 spiro atoms. The second kappa shape index (κ2) is 6.19. The molecule has 0 aliphatic heterocycles. The van der Waals surface area contributed by atoms with E-state index < -0.39 is 29.0 Å². The van der Waals surface area contributed by atoms with Crippen LogP contribution in [0.15, 0.2) is 18.2 Å². The molecule has 1 aromatic rings. The van der Waals surface area contributed by atoms with Gasteiger partial charge in [-0.15, -0.1) is 0 Å². The highest BCUT2D eigenvalue weighted by Crippen LogP contribution is 2.33. The van der Waals surface area contributed by atoms with E-state index in [2.05, 4.69) is 11.4 Å². The first-order chi connectivity index (χ1) is 10.7. The third-order valence-electron chi connectivity index (χ3n) is 4.10. The maximum atomic E-state index is 13.6. The zero-order chi connectivity index (χ0) is 17.3. The molecule has 1 aliphatic rings. The molecule has 0 bridgehead atoms. The molecule has 1 fully saturated rings. The quantitative estimate of drug-likeness (QED) is 0.833. The monoisotopic (exact) mass is 328 g/mol. The van der Waals surface area contributed by atoms with Crippen molar-refractivity contribution in [3.8, 4) is 6.07 Å². The highest BCUT2D eigenvalue weighted by Gasteiger charge is 2.38. The Kier molecular flexibility index (Phi) is 4.64. The number of nitrogens with one attached hydrogen (secondary N) is 1. The van der Waals surface area contributed by atoms with E-state index in [1.807, 2.05) is 6.92 Å². The molecule has 0 saturated heterocycles. The van der Waals surface area contributed by atoms with Gasteiger partial charge in [-0.1, -0.05) is 13.3 Å². The fourth-order valence-electron chi connectivity index (χ4n) is 2.97. The van der Waals surface area contributed by atoms with Crippen LogP contribution in [-0.2, 0) is 6.18 Å². The van der Waals surface area contributed by atoms with Gasteiger partial charge in [0, 0.05) is 5.56 Å². The second-order valence-corrected chi connectivity index (χ2v) is 6.04. The van der Waals surface area contributed by atoms with Crippen molar-refractivity contribution in [1.29, 1.82) is 5.26 Å². The number of nitriles is 1. The highest BCUT2D eigenvalue weighted by atomic mass is 19.4. The van der Waals surface area contributed by atoms with Gasteiger partial charge in [0.25, 0.3) is 5.91 Å². The van der Waals surface area contributed by atoms with Crippen molar-refractivity contribution in [3.05, 3.63) is 35.1 Å². The first kappa shape index (κ1) is 17.3. The van der Waals surface area contributed by atoms with Crippen LogP contribution in [0.5, 0.6) is 0 Å². The van der Waals surface area contributed by atoms with Crippen LogP contribution in [-0.4, -0.2) is 11.4 Å². The summed E-state index contributed by atoms with van der Waals surface area (Å²) in [5.74, 6) is -1.99. The van der Waals surface area contributed by atoms with E-state index in [0.29, 0.717) is 25.0 Å². The van der Waals surface area contributed by atoms with Crippen molar-refractivity contribution in [2.75, 3.05) is 0 Å². The Morgan fingerprint density at radius 1 is 1.43 bits per heavy atom. The summed E-state index contributed by atoms with van der Waals surface area (Å²) in [5.41, 5.74) is -2.70. The maximum absolute atomic E-state index is 13.6. The van der Waals surface area contributed by atoms with E-state index >= 15 is 0 Å².